The third-order valence-corrected chi connectivity index (χ3v) is 5.72. The van der Waals surface area contributed by atoms with Crippen LogP contribution in [-0.4, -0.2) is 11.5 Å². The summed E-state index contributed by atoms with van der Waals surface area (Å²) in [5.41, 5.74) is 2.99. The first-order valence-electron chi connectivity index (χ1n) is 10.7. The Kier molecular flexibility index (Phi) is 8.91. The van der Waals surface area contributed by atoms with Crippen molar-refractivity contribution < 1.29 is 14.4 Å². The molecule has 0 atom stereocenters. The van der Waals surface area contributed by atoms with Crippen LogP contribution in [0, 0.1) is 21.4 Å². The molecule has 35 heavy (non-hydrogen) atoms. The van der Waals surface area contributed by atoms with Crippen LogP contribution in [0.15, 0.2) is 67.3 Å². The molecule has 0 N–H and O–H groups in total. The molecule has 0 aromatic heterocycles. The maximum Gasteiger partial charge on any atom is 0.270 e. The fourth-order valence-electron chi connectivity index (χ4n) is 3.42. The summed E-state index contributed by atoms with van der Waals surface area (Å²) < 4.78 is 12.0. The molecule has 0 saturated carbocycles. The van der Waals surface area contributed by atoms with E-state index in [1.807, 2.05) is 19.1 Å². The molecule has 0 amide bonds. The second-order valence-electron chi connectivity index (χ2n) is 7.45. The Morgan fingerprint density at radius 1 is 1.14 bits per heavy atom. The first-order valence-corrected chi connectivity index (χ1v) is 11.5. The average molecular weight is 509 g/mol. The summed E-state index contributed by atoms with van der Waals surface area (Å²) in [6, 6.07) is 17.0. The quantitative estimate of drug-likeness (QED) is 0.0920. The van der Waals surface area contributed by atoms with Gasteiger partial charge in [0.15, 0.2) is 11.5 Å². The highest BCUT2D eigenvalue weighted by molar-refractivity contribution is 6.42. The van der Waals surface area contributed by atoms with E-state index in [0.29, 0.717) is 45.7 Å². The van der Waals surface area contributed by atoms with Crippen LogP contribution in [0.25, 0.3) is 11.6 Å². The monoisotopic (exact) mass is 508 g/mol. The number of nitrogens with zero attached hydrogens (tertiary/aromatic N) is 2. The number of nitro groups is 1. The van der Waals surface area contributed by atoms with Crippen molar-refractivity contribution in [2.75, 3.05) is 6.61 Å². The summed E-state index contributed by atoms with van der Waals surface area (Å²) in [4.78, 5) is 10.6. The minimum Gasteiger partial charge on any atom is -0.490 e. The average Bonchev–Trinajstić information content (AvgIpc) is 2.84. The third kappa shape index (κ3) is 6.63. The van der Waals surface area contributed by atoms with Gasteiger partial charge in [0.2, 0.25) is 0 Å². The van der Waals surface area contributed by atoms with Crippen molar-refractivity contribution in [3.63, 3.8) is 0 Å². The van der Waals surface area contributed by atoms with Crippen molar-refractivity contribution in [3.8, 4) is 17.6 Å². The summed E-state index contributed by atoms with van der Waals surface area (Å²) in [5, 5.41) is 21.8. The molecule has 0 radical (unpaired) electrons. The van der Waals surface area contributed by atoms with E-state index in [1.54, 1.807) is 42.5 Å². The molecule has 0 heterocycles. The number of nitro benzene ring substituents is 1. The predicted molar refractivity (Wildman–Crippen MR) is 139 cm³/mol. The second kappa shape index (κ2) is 12.1. The van der Waals surface area contributed by atoms with Crippen molar-refractivity contribution in [3.05, 3.63) is 110 Å². The van der Waals surface area contributed by atoms with Crippen molar-refractivity contribution >= 4 is 40.5 Å². The topological polar surface area (TPSA) is 85.4 Å². The van der Waals surface area contributed by atoms with Gasteiger partial charge < -0.3 is 9.47 Å². The highest BCUT2D eigenvalue weighted by Crippen LogP contribution is 2.36. The molecule has 0 fully saturated rings. The molecule has 3 aromatic rings. The zero-order valence-corrected chi connectivity index (χ0v) is 20.5. The third-order valence-electron chi connectivity index (χ3n) is 4.98. The van der Waals surface area contributed by atoms with Crippen molar-refractivity contribution in [2.45, 2.75) is 20.0 Å². The van der Waals surface area contributed by atoms with Gasteiger partial charge in [-0.05, 0) is 60.4 Å². The fraction of sp³-hybridized carbons (Fsp3) is 0.148. The minimum atomic E-state index is -0.492. The molecular weight excluding hydrogens is 487 g/mol. The second-order valence-corrected chi connectivity index (χ2v) is 8.26. The number of benzene rings is 3. The lowest BCUT2D eigenvalue weighted by Gasteiger charge is -2.17. The van der Waals surface area contributed by atoms with E-state index in [9.17, 15) is 15.4 Å². The number of nitriles is 1. The number of ether oxygens (including phenoxy) is 2. The maximum atomic E-state index is 11.1. The lowest BCUT2D eigenvalue weighted by molar-refractivity contribution is -0.384. The fourth-order valence-corrected chi connectivity index (χ4v) is 3.74. The molecule has 8 heteroatoms. The smallest absolute Gasteiger partial charge is 0.270 e. The van der Waals surface area contributed by atoms with Gasteiger partial charge in [0.25, 0.3) is 5.69 Å². The van der Waals surface area contributed by atoms with E-state index in [-0.39, 0.29) is 17.9 Å². The summed E-state index contributed by atoms with van der Waals surface area (Å²) >= 11 is 12.1. The molecule has 6 nitrogen and oxygen atoms in total. The van der Waals surface area contributed by atoms with Crippen LogP contribution in [0.3, 0.4) is 0 Å². The Hall–Kier alpha value is -3.79. The molecular formula is C27H22Cl2N2O4. The van der Waals surface area contributed by atoms with Gasteiger partial charge in [-0.25, -0.2) is 0 Å². The van der Waals surface area contributed by atoms with Crippen LogP contribution >= 0.6 is 23.2 Å². The largest absolute Gasteiger partial charge is 0.490 e. The van der Waals surface area contributed by atoms with Gasteiger partial charge in [0.05, 0.1) is 33.2 Å². The van der Waals surface area contributed by atoms with Crippen LogP contribution in [0.5, 0.6) is 11.5 Å². The van der Waals surface area contributed by atoms with E-state index >= 15 is 0 Å². The number of non-ortho nitro benzene ring substituents is 1. The Bertz CT molecular complexity index is 1330. The van der Waals surface area contributed by atoms with E-state index in [1.165, 1.54) is 12.1 Å². The lowest BCUT2D eigenvalue weighted by Crippen LogP contribution is -2.03. The molecule has 0 aliphatic rings. The first kappa shape index (κ1) is 25.8. The van der Waals surface area contributed by atoms with E-state index in [2.05, 4.69) is 12.6 Å². The SMILES string of the molecule is C=CCc1cc(/C=C(/C#N)c2cccc([N+](=O)[O-])c2)cc(OCC)c1OCc1ccc(Cl)c(Cl)c1. The number of hydrogen-bond acceptors (Lipinski definition) is 5. The number of hydrogen-bond donors (Lipinski definition) is 0. The predicted octanol–water partition coefficient (Wildman–Crippen LogP) is 7.67. The summed E-state index contributed by atoms with van der Waals surface area (Å²) in [6.45, 7) is 6.34. The van der Waals surface area contributed by atoms with Gasteiger partial charge >= 0.3 is 0 Å². The van der Waals surface area contributed by atoms with Crippen molar-refractivity contribution in [2.24, 2.45) is 0 Å². The van der Waals surface area contributed by atoms with Crippen molar-refractivity contribution in [1.82, 2.24) is 0 Å². The molecule has 0 aliphatic heterocycles. The summed E-state index contributed by atoms with van der Waals surface area (Å²) in [7, 11) is 0. The van der Waals surface area contributed by atoms with Crippen LogP contribution in [-0.2, 0) is 13.0 Å². The normalized spacial score (nSPS) is 11.0. The standard InChI is InChI=1S/C27H22Cl2N2O4/c1-3-6-21-11-19(12-22(16-30)20-7-5-8-23(15-20)31(32)33)14-26(34-4-2)27(21)35-17-18-9-10-24(28)25(29)13-18/h3,5,7-15H,1,4,6,17H2,2H3/b22-12-. The molecule has 0 spiro atoms. The van der Waals surface area contributed by atoms with Gasteiger partial charge in [-0.3, -0.25) is 10.1 Å². The zero-order valence-electron chi connectivity index (χ0n) is 19.0. The van der Waals surface area contributed by atoms with Crippen LogP contribution in [0.2, 0.25) is 10.0 Å². The zero-order chi connectivity index (χ0) is 25.4. The summed E-state index contributed by atoms with van der Waals surface area (Å²) in [6.07, 6.45) is 3.91. The molecule has 3 aromatic carbocycles. The van der Waals surface area contributed by atoms with Gasteiger partial charge in [0, 0.05) is 17.7 Å². The first-order chi connectivity index (χ1) is 16.9. The Labute approximate surface area is 213 Å². The molecule has 178 valence electrons. The van der Waals surface area contributed by atoms with Crippen LogP contribution in [0.1, 0.15) is 29.2 Å². The van der Waals surface area contributed by atoms with E-state index < -0.39 is 4.92 Å². The van der Waals surface area contributed by atoms with E-state index in [4.69, 9.17) is 32.7 Å². The van der Waals surface area contributed by atoms with Crippen LogP contribution < -0.4 is 9.47 Å². The Morgan fingerprint density at radius 3 is 2.60 bits per heavy atom. The number of allylic oxidation sites excluding steroid dienone is 2. The highest BCUT2D eigenvalue weighted by Gasteiger charge is 2.15. The minimum absolute atomic E-state index is 0.0861. The Balaban J connectivity index is 2.02. The molecule has 0 unspecified atom stereocenters. The molecule has 0 aliphatic carbocycles. The highest BCUT2D eigenvalue weighted by atomic mass is 35.5. The Morgan fingerprint density at radius 2 is 1.94 bits per heavy atom. The van der Waals surface area contributed by atoms with E-state index in [0.717, 1.165) is 11.1 Å². The van der Waals surface area contributed by atoms with Crippen molar-refractivity contribution in [1.29, 1.82) is 5.26 Å². The van der Waals surface area contributed by atoms with Gasteiger partial charge in [-0.15, -0.1) is 6.58 Å². The lowest BCUT2D eigenvalue weighted by atomic mass is 10.0. The van der Waals surface area contributed by atoms with Gasteiger partial charge in [-0.1, -0.05) is 47.5 Å². The van der Waals surface area contributed by atoms with Crippen LogP contribution in [0.4, 0.5) is 5.69 Å². The number of halogens is 2. The summed E-state index contributed by atoms with van der Waals surface area (Å²) in [5.74, 6) is 1.07. The van der Waals surface area contributed by atoms with Gasteiger partial charge in [0.1, 0.15) is 6.61 Å². The van der Waals surface area contributed by atoms with Gasteiger partial charge in [-0.2, -0.15) is 5.26 Å². The molecule has 0 bridgehead atoms. The molecule has 0 saturated heterocycles. The number of rotatable bonds is 10. The maximum absolute atomic E-state index is 11.1. The molecule has 3 rings (SSSR count).